The zero-order chi connectivity index (χ0) is 21.4. The third-order valence-corrected chi connectivity index (χ3v) is 5.84. The lowest BCUT2D eigenvalue weighted by Crippen LogP contribution is -2.35. The van der Waals surface area contributed by atoms with Crippen LogP contribution in [0.25, 0.3) is 0 Å². The van der Waals surface area contributed by atoms with Crippen molar-refractivity contribution in [1.82, 2.24) is 5.32 Å². The van der Waals surface area contributed by atoms with Crippen LogP contribution >= 0.6 is 0 Å². The number of allylic oxidation sites excluding steroid dienone is 3. The van der Waals surface area contributed by atoms with Gasteiger partial charge in [-0.1, -0.05) is 12.1 Å². The van der Waals surface area contributed by atoms with E-state index in [2.05, 4.69) is 5.32 Å². The summed E-state index contributed by atoms with van der Waals surface area (Å²) in [7, 11) is 2.98. The largest absolute Gasteiger partial charge is 0.497 e. The molecule has 1 aromatic heterocycles. The Balaban J connectivity index is 1.78. The van der Waals surface area contributed by atoms with Crippen LogP contribution in [0.15, 0.2) is 63.4 Å². The van der Waals surface area contributed by atoms with Crippen molar-refractivity contribution in [3.05, 3.63) is 76.0 Å². The average molecular weight is 407 g/mol. The summed E-state index contributed by atoms with van der Waals surface area (Å²) in [5, 5.41) is 3.31. The van der Waals surface area contributed by atoms with E-state index in [1.54, 1.807) is 7.11 Å². The molecule has 0 amide bonds. The van der Waals surface area contributed by atoms with E-state index >= 15 is 0 Å². The van der Waals surface area contributed by atoms with Crippen LogP contribution < -0.4 is 10.1 Å². The molecule has 1 aromatic carbocycles. The van der Waals surface area contributed by atoms with E-state index < -0.39 is 11.9 Å². The number of carbonyl (C=O) groups excluding carboxylic acids is 2. The maximum atomic E-state index is 13.4. The van der Waals surface area contributed by atoms with Crippen LogP contribution in [0.2, 0.25) is 0 Å². The van der Waals surface area contributed by atoms with Gasteiger partial charge >= 0.3 is 5.97 Å². The summed E-state index contributed by atoms with van der Waals surface area (Å²) >= 11 is 0. The number of rotatable bonds is 4. The Morgan fingerprint density at radius 3 is 2.60 bits per heavy atom. The second kappa shape index (κ2) is 7.86. The number of hydrogen-bond donors (Lipinski definition) is 1. The summed E-state index contributed by atoms with van der Waals surface area (Å²) in [5.74, 6) is 1.08. The standard InChI is InChI=1S/C24H25NO5/c1-13-8-9-20(30-13)23-21(24(27)29-4)14(2)25-18-11-16(12-19(26)22(18)23)15-6-5-7-17(10-15)28-3/h5-10,16,23,25H,11-12H2,1-4H3/t16-,23+/m0/s1. The van der Waals surface area contributed by atoms with E-state index in [0.717, 1.165) is 22.8 Å². The summed E-state index contributed by atoms with van der Waals surface area (Å²) in [6, 6.07) is 11.5. The lowest BCUT2D eigenvalue weighted by molar-refractivity contribution is -0.136. The normalized spacial score (nSPS) is 21.3. The zero-order valence-corrected chi connectivity index (χ0v) is 17.6. The number of aryl methyl sites for hydroxylation is 1. The molecule has 30 heavy (non-hydrogen) atoms. The molecule has 156 valence electrons. The van der Waals surface area contributed by atoms with Gasteiger partial charge in [-0.05, 0) is 56.0 Å². The molecule has 2 aromatic rings. The first-order valence-corrected chi connectivity index (χ1v) is 9.95. The molecule has 0 fully saturated rings. The number of esters is 1. The highest BCUT2D eigenvalue weighted by Gasteiger charge is 2.42. The number of methoxy groups -OCH3 is 2. The third kappa shape index (κ3) is 3.43. The van der Waals surface area contributed by atoms with Crippen LogP contribution in [0.1, 0.15) is 48.7 Å². The Morgan fingerprint density at radius 2 is 1.93 bits per heavy atom. The van der Waals surface area contributed by atoms with Gasteiger partial charge in [0.2, 0.25) is 0 Å². The van der Waals surface area contributed by atoms with E-state index in [-0.39, 0.29) is 11.7 Å². The van der Waals surface area contributed by atoms with E-state index in [0.29, 0.717) is 35.4 Å². The molecule has 0 unspecified atom stereocenters. The Labute approximate surface area is 175 Å². The maximum Gasteiger partial charge on any atom is 0.336 e. The number of benzene rings is 1. The first-order chi connectivity index (χ1) is 14.4. The van der Waals surface area contributed by atoms with Gasteiger partial charge in [0.05, 0.1) is 25.7 Å². The number of ketones is 1. The van der Waals surface area contributed by atoms with Crippen molar-refractivity contribution in [2.45, 2.75) is 38.5 Å². The molecule has 0 saturated heterocycles. The molecule has 2 atom stereocenters. The molecule has 1 aliphatic carbocycles. The van der Waals surface area contributed by atoms with Gasteiger partial charge < -0.3 is 19.2 Å². The van der Waals surface area contributed by atoms with Crippen LogP contribution in [-0.4, -0.2) is 26.0 Å². The van der Waals surface area contributed by atoms with Gasteiger partial charge in [0.25, 0.3) is 0 Å². The van der Waals surface area contributed by atoms with Crippen molar-refractivity contribution in [2.24, 2.45) is 0 Å². The molecule has 6 nitrogen and oxygen atoms in total. The summed E-state index contributed by atoms with van der Waals surface area (Å²) in [6.45, 7) is 3.67. The lowest BCUT2D eigenvalue weighted by Gasteiger charge is -2.35. The fourth-order valence-corrected chi connectivity index (χ4v) is 4.44. The van der Waals surface area contributed by atoms with E-state index in [4.69, 9.17) is 13.9 Å². The van der Waals surface area contributed by atoms with Gasteiger partial charge in [0.1, 0.15) is 17.3 Å². The minimum Gasteiger partial charge on any atom is -0.497 e. The first-order valence-electron chi connectivity index (χ1n) is 9.95. The van der Waals surface area contributed by atoms with Crippen LogP contribution in [0.3, 0.4) is 0 Å². The topological polar surface area (TPSA) is 77.8 Å². The summed E-state index contributed by atoms with van der Waals surface area (Å²) in [5.41, 5.74) is 3.58. The molecule has 0 saturated carbocycles. The highest BCUT2D eigenvalue weighted by molar-refractivity contribution is 6.04. The number of furan rings is 1. The molecule has 0 bridgehead atoms. The molecule has 0 radical (unpaired) electrons. The first kappa shape index (κ1) is 20.0. The van der Waals surface area contributed by atoms with Crippen molar-refractivity contribution in [2.75, 3.05) is 14.2 Å². The molecule has 1 aliphatic heterocycles. The fraction of sp³-hybridized carbons (Fsp3) is 0.333. The van der Waals surface area contributed by atoms with Crippen LogP contribution in [0.5, 0.6) is 5.75 Å². The molecule has 1 N–H and O–H groups in total. The van der Waals surface area contributed by atoms with Crippen molar-refractivity contribution in [1.29, 1.82) is 0 Å². The predicted molar refractivity (Wildman–Crippen MR) is 111 cm³/mol. The van der Waals surface area contributed by atoms with Gasteiger partial charge in [-0.25, -0.2) is 4.79 Å². The lowest BCUT2D eigenvalue weighted by atomic mass is 9.73. The Hall–Kier alpha value is -3.28. The number of nitrogens with one attached hydrogen (secondary N) is 1. The molecule has 2 aliphatic rings. The Morgan fingerprint density at radius 1 is 1.13 bits per heavy atom. The molecule has 2 heterocycles. The smallest absolute Gasteiger partial charge is 0.336 e. The third-order valence-electron chi connectivity index (χ3n) is 5.84. The number of ether oxygens (including phenoxy) is 2. The fourth-order valence-electron chi connectivity index (χ4n) is 4.44. The minimum absolute atomic E-state index is 0.00419. The summed E-state index contributed by atoms with van der Waals surface area (Å²) in [4.78, 5) is 26.0. The summed E-state index contributed by atoms with van der Waals surface area (Å²) < 4.78 is 16.2. The minimum atomic E-state index is -0.568. The van der Waals surface area contributed by atoms with Gasteiger partial charge in [-0.2, -0.15) is 0 Å². The van der Waals surface area contributed by atoms with Crippen LogP contribution in [0.4, 0.5) is 0 Å². The predicted octanol–water partition coefficient (Wildman–Crippen LogP) is 4.13. The highest BCUT2D eigenvalue weighted by Crippen LogP contribution is 2.46. The van der Waals surface area contributed by atoms with Gasteiger partial charge in [0.15, 0.2) is 5.78 Å². The Kier molecular flexibility index (Phi) is 5.24. The van der Waals surface area contributed by atoms with Crippen molar-refractivity contribution in [3.63, 3.8) is 0 Å². The number of dihydropyridines is 1. The van der Waals surface area contributed by atoms with Crippen molar-refractivity contribution in [3.8, 4) is 5.75 Å². The van der Waals surface area contributed by atoms with Gasteiger partial charge in [-0.15, -0.1) is 0 Å². The second-order valence-corrected chi connectivity index (χ2v) is 7.73. The maximum absolute atomic E-state index is 13.4. The van der Waals surface area contributed by atoms with E-state index in [1.165, 1.54) is 7.11 Å². The SMILES string of the molecule is COC(=O)C1=C(C)NC2=C(C(=O)C[C@@H](c3cccc(OC)c3)C2)[C@@H]1c1ccc(C)o1. The van der Waals surface area contributed by atoms with E-state index in [1.807, 2.05) is 50.2 Å². The van der Waals surface area contributed by atoms with Crippen LogP contribution in [-0.2, 0) is 14.3 Å². The van der Waals surface area contributed by atoms with E-state index in [9.17, 15) is 9.59 Å². The summed E-state index contributed by atoms with van der Waals surface area (Å²) in [6.07, 6.45) is 1.02. The van der Waals surface area contributed by atoms with Crippen LogP contribution in [0, 0.1) is 6.92 Å². The molecular formula is C24H25NO5. The molecular weight excluding hydrogens is 382 g/mol. The number of hydrogen-bond acceptors (Lipinski definition) is 6. The van der Waals surface area contributed by atoms with Crippen molar-refractivity contribution < 1.29 is 23.5 Å². The van der Waals surface area contributed by atoms with Crippen molar-refractivity contribution >= 4 is 11.8 Å². The average Bonchev–Trinajstić information content (AvgIpc) is 3.18. The van der Waals surface area contributed by atoms with Gasteiger partial charge in [-0.3, -0.25) is 4.79 Å². The molecule has 6 heteroatoms. The molecule has 4 rings (SSSR count). The molecule has 0 spiro atoms. The Bertz CT molecular complexity index is 1070. The monoisotopic (exact) mass is 407 g/mol. The number of Topliss-reactive ketones (excluding diaryl/α,β-unsaturated/α-hetero) is 1. The zero-order valence-electron chi connectivity index (χ0n) is 17.6. The highest BCUT2D eigenvalue weighted by atomic mass is 16.5. The second-order valence-electron chi connectivity index (χ2n) is 7.73. The number of carbonyl (C=O) groups is 2. The van der Waals surface area contributed by atoms with Gasteiger partial charge in [0, 0.05) is 23.4 Å². The quantitative estimate of drug-likeness (QED) is 0.768.